The molecule has 13 heavy (non-hydrogen) atoms. The Morgan fingerprint density at radius 2 is 2.15 bits per heavy atom. The maximum Gasteiger partial charge on any atom is 0.246 e. The molecule has 3 nitrogen and oxygen atoms in total. The van der Waals surface area contributed by atoms with Crippen LogP contribution in [-0.4, -0.2) is 28.3 Å². The standard InChI is InChI=1S/C9H19NO2Si/c1-7(2)8(11)10-9(3,4)6-13-12-5/h1,6,13H2,2-5H3,(H,10,11). The second-order valence-corrected chi connectivity index (χ2v) is 5.35. The van der Waals surface area contributed by atoms with Gasteiger partial charge in [0, 0.05) is 18.2 Å². The van der Waals surface area contributed by atoms with Crippen LogP contribution in [0.5, 0.6) is 0 Å². The summed E-state index contributed by atoms with van der Waals surface area (Å²) >= 11 is 0. The third-order valence-corrected chi connectivity index (χ3v) is 3.63. The van der Waals surface area contributed by atoms with Crippen LogP contribution < -0.4 is 5.32 Å². The number of carbonyl (C=O) groups excluding carboxylic acids is 1. The molecule has 4 heteroatoms. The maximum atomic E-state index is 11.3. The number of hydrogen-bond acceptors (Lipinski definition) is 2. The fraction of sp³-hybridized carbons (Fsp3) is 0.667. The number of amides is 1. The molecule has 1 N–H and O–H groups in total. The van der Waals surface area contributed by atoms with Crippen molar-refractivity contribution < 1.29 is 9.22 Å². The highest BCUT2D eigenvalue weighted by atomic mass is 28.2. The van der Waals surface area contributed by atoms with Gasteiger partial charge in [-0.25, -0.2) is 0 Å². The fourth-order valence-corrected chi connectivity index (χ4v) is 1.67. The Hall–Kier alpha value is -0.613. The van der Waals surface area contributed by atoms with E-state index in [4.69, 9.17) is 4.43 Å². The molecule has 0 saturated carbocycles. The first-order valence-corrected chi connectivity index (χ1v) is 5.94. The molecule has 0 unspecified atom stereocenters. The van der Waals surface area contributed by atoms with Crippen molar-refractivity contribution in [3.8, 4) is 0 Å². The molecule has 0 aromatic rings. The van der Waals surface area contributed by atoms with Crippen LogP contribution in [0.3, 0.4) is 0 Å². The van der Waals surface area contributed by atoms with Crippen molar-refractivity contribution in [2.75, 3.05) is 7.11 Å². The number of carbonyl (C=O) groups is 1. The summed E-state index contributed by atoms with van der Waals surface area (Å²) in [5.41, 5.74) is 0.380. The van der Waals surface area contributed by atoms with Crippen molar-refractivity contribution in [2.24, 2.45) is 0 Å². The van der Waals surface area contributed by atoms with Gasteiger partial charge in [-0.05, 0) is 26.8 Å². The average Bonchev–Trinajstić information content (AvgIpc) is 2.00. The zero-order chi connectivity index (χ0) is 10.5. The fourth-order valence-electron chi connectivity index (χ4n) is 0.834. The van der Waals surface area contributed by atoms with Crippen LogP contribution in [-0.2, 0) is 9.22 Å². The molecule has 0 fully saturated rings. The Balaban J connectivity index is 4.00. The van der Waals surface area contributed by atoms with Crippen molar-refractivity contribution in [1.29, 1.82) is 0 Å². The highest BCUT2D eigenvalue weighted by Crippen LogP contribution is 2.09. The highest BCUT2D eigenvalue weighted by molar-refractivity contribution is 6.27. The summed E-state index contributed by atoms with van der Waals surface area (Å²) in [6.45, 7) is 9.29. The number of nitrogens with one attached hydrogen (secondary N) is 1. The van der Waals surface area contributed by atoms with E-state index in [-0.39, 0.29) is 11.4 Å². The van der Waals surface area contributed by atoms with E-state index in [0.717, 1.165) is 6.04 Å². The third kappa shape index (κ3) is 5.60. The molecule has 0 rings (SSSR count). The third-order valence-electron chi connectivity index (χ3n) is 1.77. The van der Waals surface area contributed by atoms with E-state index in [9.17, 15) is 4.79 Å². The predicted molar refractivity (Wildman–Crippen MR) is 57.4 cm³/mol. The molecule has 0 aliphatic rings. The van der Waals surface area contributed by atoms with Crippen LogP contribution in [0.15, 0.2) is 12.2 Å². The van der Waals surface area contributed by atoms with Crippen LogP contribution in [0.2, 0.25) is 6.04 Å². The molecule has 0 aliphatic heterocycles. The lowest BCUT2D eigenvalue weighted by molar-refractivity contribution is -0.118. The van der Waals surface area contributed by atoms with Gasteiger partial charge >= 0.3 is 0 Å². The van der Waals surface area contributed by atoms with Gasteiger partial charge in [0.25, 0.3) is 0 Å². The lowest BCUT2D eigenvalue weighted by Crippen LogP contribution is -2.44. The van der Waals surface area contributed by atoms with E-state index in [2.05, 4.69) is 11.9 Å². The molecule has 0 bridgehead atoms. The summed E-state index contributed by atoms with van der Waals surface area (Å²) in [6.07, 6.45) is 0. The van der Waals surface area contributed by atoms with Crippen molar-refractivity contribution in [2.45, 2.75) is 32.4 Å². The summed E-state index contributed by atoms with van der Waals surface area (Å²) in [5, 5.41) is 2.91. The minimum Gasteiger partial charge on any atom is -0.427 e. The second-order valence-electron chi connectivity index (χ2n) is 3.86. The number of hydrogen-bond donors (Lipinski definition) is 1. The van der Waals surface area contributed by atoms with Gasteiger partial charge in [0.1, 0.15) is 0 Å². The smallest absolute Gasteiger partial charge is 0.246 e. The summed E-state index contributed by atoms with van der Waals surface area (Å²) in [7, 11) is 1.22. The Morgan fingerprint density at radius 1 is 1.62 bits per heavy atom. The summed E-state index contributed by atoms with van der Waals surface area (Å²) in [6, 6.07) is 0.933. The van der Waals surface area contributed by atoms with E-state index >= 15 is 0 Å². The molecular weight excluding hydrogens is 182 g/mol. The largest absolute Gasteiger partial charge is 0.427 e. The molecule has 0 spiro atoms. The molecule has 0 aromatic heterocycles. The zero-order valence-corrected chi connectivity index (χ0v) is 10.4. The molecule has 0 aromatic carbocycles. The first-order valence-electron chi connectivity index (χ1n) is 4.36. The topological polar surface area (TPSA) is 38.3 Å². The molecule has 0 heterocycles. The van der Waals surface area contributed by atoms with Crippen LogP contribution in [0.1, 0.15) is 20.8 Å². The Bertz CT molecular complexity index is 202. The molecule has 0 saturated heterocycles. The van der Waals surface area contributed by atoms with Gasteiger partial charge in [0.2, 0.25) is 5.91 Å². The van der Waals surface area contributed by atoms with Gasteiger partial charge in [-0.3, -0.25) is 4.79 Å². The van der Waals surface area contributed by atoms with E-state index in [0.29, 0.717) is 5.57 Å². The van der Waals surface area contributed by atoms with Crippen LogP contribution >= 0.6 is 0 Å². The lowest BCUT2D eigenvalue weighted by atomic mass is 10.1. The number of rotatable bonds is 5. The molecule has 0 aliphatic carbocycles. The van der Waals surface area contributed by atoms with Crippen molar-refractivity contribution in [1.82, 2.24) is 5.32 Å². The molecule has 76 valence electrons. The van der Waals surface area contributed by atoms with Gasteiger partial charge in [-0.2, -0.15) is 0 Å². The monoisotopic (exact) mass is 201 g/mol. The van der Waals surface area contributed by atoms with E-state index in [1.54, 1.807) is 14.0 Å². The van der Waals surface area contributed by atoms with E-state index < -0.39 is 9.76 Å². The van der Waals surface area contributed by atoms with Crippen LogP contribution in [0.25, 0.3) is 0 Å². The normalized spacial score (nSPS) is 12.0. The van der Waals surface area contributed by atoms with E-state index in [1.165, 1.54) is 0 Å². The van der Waals surface area contributed by atoms with Gasteiger partial charge in [-0.1, -0.05) is 6.58 Å². The zero-order valence-electron chi connectivity index (χ0n) is 8.94. The first-order chi connectivity index (χ1) is 5.89. The Kier molecular flexibility index (Phi) is 4.94. The van der Waals surface area contributed by atoms with Gasteiger partial charge in [0.15, 0.2) is 9.76 Å². The molecular formula is C9H19NO2Si. The summed E-state index contributed by atoms with van der Waals surface area (Å²) < 4.78 is 5.08. The summed E-state index contributed by atoms with van der Waals surface area (Å²) in [4.78, 5) is 11.3. The van der Waals surface area contributed by atoms with Gasteiger partial charge in [-0.15, -0.1) is 0 Å². The SMILES string of the molecule is C=C(C)C(=O)NC(C)(C)C[SiH2]OC. The minimum absolute atomic E-state index is 0.0740. The second kappa shape index (κ2) is 5.19. The van der Waals surface area contributed by atoms with E-state index in [1.807, 2.05) is 13.8 Å². The van der Waals surface area contributed by atoms with Crippen LogP contribution in [0, 0.1) is 0 Å². The molecule has 0 atom stereocenters. The first kappa shape index (κ1) is 12.4. The molecule has 0 radical (unpaired) electrons. The van der Waals surface area contributed by atoms with Crippen molar-refractivity contribution >= 4 is 15.7 Å². The van der Waals surface area contributed by atoms with Gasteiger partial charge < -0.3 is 9.74 Å². The highest BCUT2D eigenvalue weighted by Gasteiger charge is 2.20. The van der Waals surface area contributed by atoms with Crippen molar-refractivity contribution in [3.63, 3.8) is 0 Å². The quantitative estimate of drug-likeness (QED) is 0.523. The Morgan fingerprint density at radius 3 is 2.54 bits per heavy atom. The van der Waals surface area contributed by atoms with Crippen molar-refractivity contribution in [3.05, 3.63) is 12.2 Å². The summed E-state index contributed by atoms with van der Waals surface area (Å²) in [5.74, 6) is -0.0740. The lowest BCUT2D eigenvalue weighted by Gasteiger charge is -2.25. The Labute approximate surface area is 82.5 Å². The minimum atomic E-state index is -0.494. The average molecular weight is 201 g/mol. The molecule has 1 amide bonds. The van der Waals surface area contributed by atoms with Gasteiger partial charge in [0.05, 0.1) is 0 Å². The maximum absolute atomic E-state index is 11.3. The van der Waals surface area contributed by atoms with Crippen LogP contribution in [0.4, 0.5) is 0 Å². The predicted octanol–water partition coefficient (Wildman–Crippen LogP) is 0.606.